The summed E-state index contributed by atoms with van der Waals surface area (Å²) in [7, 11) is 0. The average Bonchev–Trinajstić information content (AvgIpc) is 3.08. The molecule has 1 aliphatic heterocycles. The highest BCUT2D eigenvalue weighted by atomic mass is 19.1. The molecule has 5 nitrogen and oxygen atoms in total. The summed E-state index contributed by atoms with van der Waals surface area (Å²) >= 11 is 0. The predicted molar refractivity (Wildman–Crippen MR) is 92.6 cm³/mol. The van der Waals surface area contributed by atoms with Crippen molar-refractivity contribution >= 4 is 17.7 Å². The third kappa shape index (κ3) is 4.33. The lowest BCUT2D eigenvalue weighted by Crippen LogP contribution is -2.18. The van der Waals surface area contributed by atoms with Crippen molar-refractivity contribution in [3.05, 3.63) is 71.0 Å². The van der Waals surface area contributed by atoms with Gasteiger partial charge >= 0.3 is 6.09 Å². The van der Waals surface area contributed by atoms with Crippen LogP contribution in [-0.4, -0.2) is 24.3 Å². The molecule has 3 rings (SSSR count). The van der Waals surface area contributed by atoms with E-state index in [-0.39, 0.29) is 42.9 Å². The first-order chi connectivity index (χ1) is 12.5. The molecule has 0 aromatic heterocycles. The number of nitrogens with one attached hydrogen (secondary N) is 1. The van der Waals surface area contributed by atoms with Gasteiger partial charge in [-0.05, 0) is 42.3 Å². The number of cyclic esters (lactones) is 1. The second kappa shape index (κ2) is 7.91. The van der Waals surface area contributed by atoms with Gasteiger partial charge in [0.2, 0.25) is 0 Å². The zero-order valence-electron chi connectivity index (χ0n) is 14.0. The first-order valence-corrected chi connectivity index (χ1v) is 8.38. The Kier molecular flexibility index (Phi) is 5.41. The first-order valence-electron chi connectivity index (χ1n) is 8.38. The minimum absolute atomic E-state index is 0.0657. The zero-order chi connectivity index (χ0) is 18.5. The molecule has 134 valence electrons. The van der Waals surface area contributed by atoms with E-state index in [4.69, 9.17) is 4.74 Å². The molecular weight excluding hydrogens is 337 g/mol. The normalized spacial score (nSPS) is 16.0. The van der Waals surface area contributed by atoms with E-state index in [9.17, 15) is 18.8 Å². The molecule has 0 bridgehead atoms. The molecule has 1 fully saturated rings. The number of alkyl carbamates (subject to hydrolysis) is 1. The zero-order valence-corrected chi connectivity index (χ0v) is 14.0. The van der Waals surface area contributed by atoms with Crippen LogP contribution in [0.25, 0.3) is 0 Å². The fourth-order valence-corrected chi connectivity index (χ4v) is 2.83. The first kappa shape index (κ1) is 17.8. The largest absolute Gasteiger partial charge is 0.447 e. The molecule has 26 heavy (non-hydrogen) atoms. The molecule has 1 N–H and O–H groups in total. The molecule has 1 atom stereocenters. The Labute approximate surface area is 150 Å². The number of rotatable bonds is 7. The summed E-state index contributed by atoms with van der Waals surface area (Å²) in [5, 5.41) is 2.67. The summed E-state index contributed by atoms with van der Waals surface area (Å²) in [6, 6.07) is 12.2. The maximum absolute atomic E-state index is 12.9. The number of carbonyl (C=O) groups is 3. The Morgan fingerprint density at radius 3 is 2.38 bits per heavy atom. The van der Waals surface area contributed by atoms with Crippen LogP contribution in [-0.2, 0) is 4.74 Å². The van der Waals surface area contributed by atoms with E-state index in [2.05, 4.69) is 5.32 Å². The third-order valence-corrected chi connectivity index (χ3v) is 4.26. The predicted octanol–water partition coefficient (Wildman–Crippen LogP) is 3.84. The van der Waals surface area contributed by atoms with E-state index in [0.29, 0.717) is 17.5 Å². The van der Waals surface area contributed by atoms with Crippen LogP contribution in [0.5, 0.6) is 0 Å². The van der Waals surface area contributed by atoms with Gasteiger partial charge in [0.25, 0.3) is 0 Å². The van der Waals surface area contributed by atoms with Gasteiger partial charge in [0.05, 0.1) is 6.04 Å². The van der Waals surface area contributed by atoms with Crippen LogP contribution < -0.4 is 5.32 Å². The van der Waals surface area contributed by atoms with Gasteiger partial charge in [-0.15, -0.1) is 0 Å². The van der Waals surface area contributed by atoms with E-state index in [1.807, 2.05) is 6.07 Å². The molecule has 2 aromatic carbocycles. The quantitative estimate of drug-likeness (QED) is 0.766. The lowest BCUT2D eigenvalue weighted by Gasteiger charge is -2.09. The summed E-state index contributed by atoms with van der Waals surface area (Å²) in [6.45, 7) is 0.239. The summed E-state index contributed by atoms with van der Waals surface area (Å²) < 4.78 is 17.7. The summed E-state index contributed by atoms with van der Waals surface area (Å²) in [5.41, 5.74) is 1.79. The lowest BCUT2D eigenvalue weighted by molar-refractivity contribution is 0.0957. The summed E-state index contributed by atoms with van der Waals surface area (Å²) in [4.78, 5) is 35.5. The lowest BCUT2D eigenvalue weighted by atomic mass is 9.98. The highest BCUT2D eigenvalue weighted by molar-refractivity contribution is 5.98. The molecule has 0 aliphatic carbocycles. The van der Waals surface area contributed by atoms with Gasteiger partial charge in [0, 0.05) is 24.0 Å². The fraction of sp³-hybridized carbons (Fsp3) is 0.250. The van der Waals surface area contributed by atoms with Crippen LogP contribution >= 0.6 is 0 Å². The topological polar surface area (TPSA) is 72.5 Å². The molecule has 2 aromatic rings. The number of carbonyl (C=O) groups excluding carboxylic acids is 3. The van der Waals surface area contributed by atoms with Crippen LogP contribution in [0, 0.1) is 5.82 Å². The molecule has 0 saturated carbocycles. The highest BCUT2D eigenvalue weighted by Gasteiger charge is 2.24. The second-order valence-corrected chi connectivity index (χ2v) is 6.13. The molecular formula is C20H18FNO4. The Balaban J connectivity index is 1.54. The molecule has 1 saturated heterocycles. The van der Waals surface area contributed by atoms with Crippen molar-refractivity contribution in [3.63, 3.8) is 0 Å². The maximum atomic E-state index is 12.9. The van der Waals surface area contributed by atoms with Crippen molar-refractivity contribution < 1.29 is 23.5 Å². The number of hydrogen-bond donors (Lipinski definition) is 1. The van der Waals surface area contributed by atoms with Gasteiger partial charge in [-0.3, -0.25) is 9.59 Å². The fourth-order valence-electron chi connectivity index (χ4n) is 2.83. The van der Waals surface area contributed by atoms with Gasteiger partial charge in [0.1, 0.15) is 12.4 Å². The van der Waals surface area contributed by atoms with Crippen molar-refractivity contribution in [1.82, 2.24) is 5.32 Å². The number of benzene rings is 2. The Bertz CT molecular complexity index is 832. The molecule has 1 aliphatic rings. The van der Waals surface area contributed by atoms with Crippen LogP contribution in [0.15, 0.2) is 48.5 Å². The number of amides is 1. The molecule has 0 unspecified atom stereocenters. The minimum atomic E-state index is -0.467. The number of Topliss-reactive ketones (excluding diaryl/α,β-unsaturated/α-hetero) is 2. The van der Waals surface area contributed by atoms with Crippen molar-refractivity contribution in [2.75, 3.05) is 6.61 Å². The van der Waals surface area contributed by atoms with E-state index in [1.165, 1.54) is 24.3 Å². The average molecular weight is 355 g/mol. The van der Waals surface area contributed by atoms with Crippen molar-refractivity contribution in [1.29, 1.82) is 0 Å². The number of ketones is 2. The molecule has 6 heteroatoms. The Morgan fingerprint density at radius 2 is 1.73 bits per heavy atom. The Hall–Kier alpha value is -3.02. The van der Waals surface area contributed by atoms with Crippen molar-refractivity contribution in [2.24, 2.45) is 0 Å². The van der Waals surface area contributed by atoms with E-state index in [1.54, 1.807) is 18.2 Å². The Morgan fingerprint density at radius 1 is 1.04 bits per heavy atom. The minimum Gasteiger partial charge on any atom is -0.447 e. The van der Waals surface area contributed by atoms with Crippen LogP contribution in [0.2, 0.25) is 0 Å². The molecule has 1 amide bonds. The maximum Gasteiger partial charge on any atom is 0.407 e. The number of hydrogen-bond acceptors (Lipinski definition) is 4. The standard InChI is InChI=1S/C20H18FNO4/c21-16-9-7-13(8-10-16)18(23)5-2-6-19(24)15-4-1-3-14(11-15)17-12-26-20(25)22-17/h1,3-4,7-11,17H,2,5-6,12H2,(H,22,25)/t17-/m1/s1. The second-order valence-electron chi connectivity index (χ2n) is 6.13. The van der Waals surface area contributed by atoms with Gasteiger partial charge in [0.15, 0.2) is 11.6 Å². The third-order valence-electron chi connectivity index (χ3n) is 4.26. The van der Waals surface area contributed by atoms with E-state index < -0.39 is 6.09 Å². The summed E-state index contributed by atoms with van der Waals surface area (Å²) in [6.07, 6.45) is 0.418. The smallest absolute Gasteiger partial charge is 0.407 e. The van der Waals surface area contributed by atoms with Crippen LogP contribution in [0.1, 0.15) is 51.6 Å². The molecule has 1 heterocycles. The van der Waals surface area contributed by atoms with Crippen LogP contribution in [0.3, 0.4) is 0 Å². The monoisotopic (exact) mass is 355 g/mol. The highest BCUT2D eigenvalue weighted by Crippen LogP contribution is 2.20. The molecule has 0 radical (unpaired) electrons. The van der Waals surface area contributed by atoms with Gasteiger partial charge < -0.3 is 10.1 Å². The van der Waals surface area contributed by atoms with E-state index in [0.717, 1.165) is 5.56 Å². The van der Waals surface area contributed by atoms with E-state index >= 15 is 0 Å². The summed E-state index contributed by atoms with van der Waals surface area (Å²) in [5.74, 6) is -0.568. The number of ether oxygens (including phenoxy) is 1. The SMILES string of the molecule is O=C1N[C@@H](c2cccc(C(=O)CCCC(=O)c3ccc(F)cc3)c2)CO1. The number of halogens is 1. The molecule has 0 spiro atoms. The van der Waals surface area contributed by atoms with Crippen molar-refractivity contribution in [2.45, 2.75) is 25.3 Å². The van der Waals surface area contributed by atoms with Crippen molar-refractivity contribution in [3.8, 4) is 0 Å². The van der Waals surface area contributed by atoms with Gasteiger partial charge in [-0.25, -0.2) is 9.18 Å². The van der Waals surface area contributed by atoms with Crippen LogP contribution in [0.4, 0.5) is 9.18 Å². The van der Waals surface area contributed by atoms with Gasteiger partial charge in [-0.2, -0.15) is 0 Å². The van der Waals surface area contributed by atoms with Gasteiger partial charge in [-0.1, -0.05) is 18.2 Å².